The van der Waals surface area contributed by atoms with Gasteiger partial charge in [-0.25, -0.2) is 0 Å². The van der Waals surface area contributed by atoms with Gasteiger partial charge in [-0.2, -0.15) is 5.26 Å². The van der Waals surface area contributed by atoms with Gasteiger partial charge in [-0.05, 0) is 25.0 Å². The zero-order valence-electron chi connectivity index (χ0n) is 10.1. The van der Waals surface area contributed by atoms with Gasteiger partial charge in [0.25, 0.3) is 0 Å². The maximum absolute atomic E-state index is 11.3. The molecule has 0 radical (unpaired) electrons. The quantitative estimate of drug-likeness (QED) is 0.753. The fraction of sp³-hybridized carbons (Fsp3) is 0.385. The van der Waals surface area contributed by atoms with Gasteiger partial charge in [0.05, 0.1) is 22.9 Å². The first kappa shape index (κ1) is 12.2. The Kier molecular flexibility index (Phi) is 3.38. The Morgan fingerprint density at radius 3 is 2.94 bits per heavy atom. The highest BCUT2D eigenvalue weighted by atomic mass is 16.1. The van der Waals surface area contributed by atoms with Crippen molar-refractivity contribution in [2.45, 2.75) is 12.8 Å². The first-order valence-electron chi connectivity index (χ1n) is 5.96. The number of para-hydroxylation sites is 1. The van der Waals surface area contributed by atoms with Gasteiger partial charge in [-0.3, -0.25) is 4.79 Å². The van der Waals surface area contributed by atoms with Crippen LogP contribution in [0.2, 0.25) is 0 Å². The number of rotatable bonds is 2. The summed E-state index contributed by atoms with van der Waals surface area (Å²) in [4.78, 5) is 13.3. The number of hydrogen-bond donors (Lipinski definition) is 2. The molecule has 1 saturated heterocycles. The summed E-state index contributed by atoms with van der Waals surface area (Å²) in [7, 11) is 0. The van der Waals surface area contributed by atoms with Crippen molar-refractivity contribution in [2.75, 3.05) is 23.7 Å². The fourth-order valence-corrected chi connectivity index (χ4v) is 2.35. The molecule has 94 valence electrons. The molecule has 2 rings (SSSR count). The Balaban J connectivity index is 2.27. The molecule has 1 atom stereocenters. The second-order valence-corrected chi connectivity index (χ2v) is 4.54. The van der Waals surface area contributed by atoms with E-state index in [1.807, 2.05) is 11.0 Å². The molecule has 5 heteroatoms. The highest BCUT2D eigenvalue weighted by Crippen LogP contribution is 2.30. The van der Waals surface area contributed by atoms with E-state index >= 15 is 0 Å². The van der Waals surface area contributed by atoms with Gasteiger partial charge in [-0.15, -0.1) is 0 Å². The number of primary amides is 1. The van der Waals surface area contributed by atoms with Gasteiger partial charge < -0.3 is 16.4 Å². The summed E-state index contributed by atoms with van der Waals surface area (Å²) in [5, 5.41) is 8.96. The van der Waals surface area contributed by atoms with Crippen LogP contribution in [0, 0.1) is 17.2 Å². The Hall–Kier alpha value is -2.22. The molecule has 1 heterocycles. The van der Waals surface area contributed by atoms with Crippen LogP contribution in [0.15, 0.2) is 18.2 Å². The van der Waals surface area contributed by atoms with Crippen LogP contribution in [-0.4, -0.2) is 19.0 Å². The molecule has 1 aliphatic rings. The fourth-order valence-electron chi connectivity index (χ4n) is 2.35. The molecule has 1 fully saturated rings. The molecule has 0 aromatic heterocycles. The van der Waals surface area contributed by atoms with Crippen molar-refractivity contribution >= 4 is 17.3 Å². The van der Waals surface area contributed by atoms with Crippen molar-refractivity contribution in [1.29, 1.82) is 5.26 Å². The van der Waals surface area contributed by atoms with Crippen LogP contribution >= 0.6 is 0 Å². The summed E-state index contributed by atoms with van der Waals surface area (Å²) in [5.74, 6) is -0.404. The smallest absolute Gasteiger partial charge is 0.222 e. The number of piperidine rings is 1. The van der Waals surface area contributed by atoms with Crippen molar-refractivity contribution in [3.05, 3.63) is 23.8 Å². The van der Waals surface area contributed by atoms with E-state index in [0.717, 1.165) is 25.1 Å². The van der Waals surface area contributed by atoms with E-state index in [9.17, 15) is 4.79 Å². The van der Waals surface area contributed by atoms with Gasteiger partial charge in [-0.1, -0.05) is 6.07 Å². The average molecular weight is 244 g/mol. The Bertz CT molecular complexity index is 506. The molecule has 0 saturated carbocycles. The molecule has 18 heavy (non-hydrogen) atoms. The van der Waals surface area contributed by atoms with Crippen LogP contribution in [0.5, 0.6) is 0 Å². The summed E-state index contributed by atoms with van der Waals surface area (Å²) in [6.45, 7) is 1.41. The topological polar surface area (TPSA) is 96.1 Å². The minimum atomic E-state index is -0.269. The molecule has 1 amide bonds. The number of nitriles is 1. The summed E-state index contributed by atoms with van der Waals surface area (Å²) in [6.07, 6.45) is 1.73. The molecular formula is C13H16N4O. The third kappa shape index (κ3) is 2.23. The Labute approximate surface area is 106 Å². The SMILES string of the molecule is N#Cc1cccc(N2CCCC(C(N)=O)C2)c1N. The lowest BCUT2D eigenvalue weighted by molar-refractivity contribution is -0.122. The summed E-state index contributed by atoms with van der Waals surface area (Å²) in [6, 6.07) is 7.43. The van der Waals surface area contributed by atoms with E-state index < -0.39 is 0 Å². The van der Waals surface area contributed by atoms with Gasteiger partial charge in [0.1, 0.15) is 6.07 Å². The van der Waals surface area contributed by atoms with E-state index in [1.54, 1.807) is 12.1 Å². The van der Waals surface area contributed by atoms with Crippen molar-refractivity contribution in [3.63, 3.8) is 0 Å². The Morgan fingerprint density at radius 2 is 2.28 bits per heavy atom. The van der Waals surface area contributed by atoms with Crippen LogP contribution in [0.4, 0.5) is 11.4 Å². The first-order chi connectivity index (χ1) is 8.63. The molecule has 4 N–H and O–H groups in total. The number of nitrogens with two attached hydrogens (primary N) is 2. The van der Waals surface area contributed by atoms with E-state index in [-0.39, 0.29) is 11.8 Å². The maximum Gasteiger partial charge on any atom is 0.222 e. The molecule has 1 aromatic carbocycles. The van der Waals surface area contributed by atoms with Crippen molar-refractivity contribution in [3.8, 4) is 6.07 Å². The lowest BCUT2D eigenvalue weighted by atomic mass is 9.96. The molecule has 1 aromatic rings. The molecule has 5 nitrogen and oxygen atoms in total. The predicted octanol–water partition coefficient (Wildman–Crippen LogP) is 0.842. The van der Waals surface area contributed by atoms with Crippen molar-refractivity contribution in [1.82, 2.24) is 0 Å². The third-order valence-corrected chi connectivity index (χ3v) is 3.37. The van der Waals surface area contributed by atoms with Crippen LogP contribution < -0.4 is 16.4 Å². The summed E-state index contributed by atoms with van der Waals surface area (Å²) >= 11 is 0. The van der Waals surface area contributed by atoms with Gasteiger partial charge in [0, 0.05) is 13.1 Å². The van der Waals surface area contributed by atoms with Crippen molar-refractivity contribution in [2.24, 2.45) is 11.7 Å². The van der Waals surface area contributed by atoms with E-state index in [1.165, 1.54) is 0 Å². The summed E-state index contributed by atoms with van der Waals surface area (Å²) in [5.41, 5.74) is 13.1. The normalized spacial score (nSPS) is 19.3. The van der Waals surface area contributed by atoms with Crippen LogP contribution in [0.3, 0.4) is 0 Å². The number of amides is 1. The highest BCUT2D eigenvalue weighted by molar-refractivity contribution is 5.79. The predicted molar refractivity (Wildman–Crippen MR) is 69.7 cm³/mol. The zero-order chi connectivity index (χ0) is 13.1. The monoisotopic (exact) mass is 244 g/mol. The van der Waals surface area contributed by atoms with Gasteiger partial charge in [0.2, 0.25) is 5.91 Å². The zero-order valence-corrected chi connectivity index (χ0v) is 10.1. The molecule has 0 spiro atoms. The second kappa shape index (κ2) is 4.96. The van der Waals surface area contributed by atoms with Crippen LogP contribution in [-0.2, 0) is 4.79 Å². The van der Waals surface area contributed by atoms with E-state index in [4.69, 9.17) is 16.7 Å². The second-order valence-electron chi connectivity index (χ2n) is 4.54. The third-order valence-electron chi connectivity index (χ3n) is 3.37. The first-order valence-corrected chi connectivity index (χ1v) is 5.96. The lowest BCUT2D eigenvalue weighted by Gasteiger charge is -2.33. The number of nitrogens with zero attached hydrogens (tertiary/aromatic N) is 2. The van der Waals surface area contributed by atoms with Gasteiger partial charge >= 0.3 is 0 Å². The number of carbonyl (C=O) groups is 1. The van der Waals surface area contributed by atoms with Crippen molar-refractivity contribution < 1.29 is 4.79 Å². The molecule has 0 bridgehead atoms. The largest absolute Gasteiger partial charge is 0.396 e. The van der Waals surface area contributed by atoms with Crippen LogP contribution in [0.25, 0.3) is 0 Å². The number of benzene rings is 1. The molecule has 1 unspecified atom stereocenters. The lowest BCUT2D eigenvalue weighted by Crippen LogP contribution is -2.41. The standard InChI is InChI=1S/C13H16N4O/c14-7-9-3-1-5-11(12(9)15)17-6-2-4-10(8-17)13(16)18/h1,3,5,10H,2,4,6,8,15H2,(H2,16,18). The van der Waals surface area contributed by atoms with Gasteiger partial charge in [0.15, 0.2) is 0 Å². The maximum atomic E-state index is 11.3. The molecule has 1 aliphatic heterocycles. The number of nitrogen functional groups attached to an aromatic ring is 1. The minimum Gasteiger partial charge on any atom is -0.396 e. The molecule has 0 aliphatic carbocycles. The van der Waals surface area contributed by atoms with Crippen LogP contribution in [0.1, 0.15) is 18.4 Å². The average Bonchev–Trinajstić information content (AvgIpc) is 2.39. The van der Waals surface area contributed by atoms with E-state index in [2.05, 4.69) is 6.07 Å². The van der Waals surface area contributed by atoms with E-state index in [0.29, 0.717) is 17.8 Å². The molecular weight excluding hydrogens is 228 g/mol. The Morgan fingerprint density at radius 1 is 1.50 bits per heavy atom. The summed E-state index contributed by atoms with van der Waals surface area (Å²) < 4.78 is 0. The highest BCUT2D eigenvalue weighted by Gasteiger charge is 2.25. The minimum absolute atomic E-state index is 0.135. The number of anilines is 2. The number of carbonyl (C=O) groups excluding carboxylic acids is 1. The number of hydrogen-bond acceptors (Lipinski definition) is 4.